The van der Waals surface area contributed by atoms with E-state index in [4.69, 9.17) is 0 Å². The molecule has 0 aliphatic heterocycles. The minimum Gasteiger partial charge on any atom is -0.337 e. The van der Waals surface area contributed by atoms with Crippen LogP contribution in [0.5, 0.6) is 0 Å². The number of hydrogen-bond acceptors (Lipinski definition) is 2. The number of nitrogens with zero attached hydrogens (tertiary/aromatic N) is 2. The van der Waals surface area contributed by atoms with Gasteiger partial charge in [0.05, 0.1) is 6.04 Å². The molecule has 20 heavy (non-hydrogen) atoms. The van der Waals surface area contributed by atoms with Gasteiger partial charge in [-0.2, -0.15) is 0 Å². The molecule has 0 bridgehead atoms. The first kappa shape index (κ1) is 14.8. The third-order valence-corrected chi connectivity index (χ3v) is 3.85. The maximum atomic E-state index is 4.40. The Kier molecular flexibility index (Phi) is 4.61. The van der Waals surface area contributed by atoms with Crippen molar-refractivity contribution >= 4 is 0 Å². The van der Waals surface area contributed by atoms with Crippen LogP contribution < -0.4 is 5.32 Å². The molecular weight excluding hydrogens is 246 g/mol. The number of hydrogen-bond donors (Lipinski definition) is 1. The molecule has 2 unspecified atom stereocenters. The second-order valence-corrected chi connectivity index (χ2v) is 5.83. The molecule has 0 aliphatic carbocycles. The summed E-state index contributed by atoms with van der Waals surface area (Å²) in [6.45, 7) is 8.80. The maximum Gasteiger partial charge on any atom is 0.125 e. The first-order chi connectivity index (χ1) is 9.49. The first-order valence-corrected chi connectivity index (χ1v) is 7.32. The van der Waals surface area contributed by atoms with Crippen LogP contribution in [0.2, 0.25) is 0 Å². The highest BCUT2D eigenvalue weighted by Crippen LogP contribution is 2.21. The van der Waals surface area contributed by atoms with Gasteiger partial charge in [0.15, 0.2) is 0 Å². The summed E-state index contributed by atoms with van der Waals surface area (Å²) >= 11 is 0. The molecule has 0 fully saturated rings. The molecule has 0 saturated carbocycles. The molecule has 3 nitrogen and oxygen atoms in total. The fourth-order valence-corrected chi connectivity index (χ4v) is 2.51. The van der Waals surface area contributed by atoms with Gasteiger partial charge in [0, 0.05) is 25.5 Å². The molecule has 2 atom stereocenters. The highest BCUT2D eigenvalue weighted by Gasteiger charge is 2.14. The van der Waals surface area contributed by atoms with Crippen molar-refractivity contribution in [2.75, 3.05) is 0 Å². The zero-order valence-corrected chi connectivity index (χ0v) is 13.1. The number of aryl methyl sites for hydroxylation is 1. The molecule has 1 heterocycles. The fourth-order valence-electron chi connectivity index (χ4n) is 2.51. The third kappa shape index (κ3) is 3.28. The molecular formula is C17H25N3. The minimum absolute atomic E-state index is 0.231. The Hall–Kier alpha value is -1.61. The number of rotatable bonds is 5. The van der Waals surface area contributed by atoms with E-state index in [9.17, 15) is 0 Å². The molecule has 1 aromatic carbocycles. The van der Waals surface area contributed by atoms with Gasteiger partial charge in [0.25, 0.3) is 0 Å². The Morgan fingerprint density at radius 2 is 1.55 bits per heavy atom. The highest BCUT2D eigenvalue weighted by atomic mass is 15.1. The molecule has 0 amide bonds. The summed E-state index contributed by atoms with van der Waals surface area (Å²) in [6.07, 6.45) is 3.82. The normalized spacial score (nSPS) is 14.5. The van der Waals surface area contributed by atoms with Crippen molar-refractivity contribution in [2.24, 2.45) is 7.05 Å². The lowest BCUT2D eigenvalue weighted by molar-refractivity contribution is 0.467. The van der Waals surface area contributed by atoms with Gasteiger partial charge < -0.3 is 9.88 Å². The molecule has 108 valence electrons. The number of nitrogens with one attached hydrogen (secondary N) is 1. The van der Waals surface area contributed by atoms with E-state index in [-0.39, 0.29) is 6.04 Å². The number of imidazole rings is 1. The quantitative estimate of drug-likeness (QED) is 0.892. The largest absolute Gasteiger partial charge is 0.337 e. The standard InChI is InChI=1S/C17H25N3/c1-12(2)15-6-8-16(9-7-15)13(3)19-14(4)17-18-10-11-20(17)5/h6-14,19H,1-5H3. The first-order valence-electron chi connectivity index (χ1n) is 7.32. The molecule has 0 aliphatic rings. The highest BCUT2D eigenvalue weighted by molar-refractivity contribution is 5.26. The molecule has 0 radical (unpaired) electrons. The van der Waals surface area contributed by atoms with Gasteiger partial charge in [-0.25, -0.2) is 4.98 Å². The zero-order valence-electron chi connectivity index (χ0n) is 13.1. The predicted octanol–water partition coefficient (Wildman–Crippen LogP) is 3.96. The van der Waals surface area contributed by atoms with Crippen molar-refractivity contribution in [3.63, 3.8) is 0 Å². The van der Waals surface area contributed by atoms with Crippen LogP contribution in [-0.2, 0) is 7.05 Å². The Labute approximate surface area is 122 Å². The smallest absolute Gasteiger partial charge is 0.125 e. The van der Waals surface area contributed by atoms with Crippen molar-refractivity contribution in [2.45, 2.75) is 45.7 Å². The lowest BCUT2D eigenvalue weighted by Gasteiger charge is -2.20. The van der Waals surface area contributed by atoms with Crippen molar-refractivity contribution < 1.29 is 0 Å². The molecule has 1 aromatic heterocycles. The number of aromatic nitrogens is 2. The van der Waals surface area contributed by atoms with Crippen LogP contribution in [0.15, 0.2) is 36.7 Å². The number of benzene rings is 1. The van der Waals surface area contributed by atoms with E-state index in [0.29, 0.717) is 12.0 Å². The summed E-state index contributed by atoms with van der Waals surface area (Å²) in [5, 5.41) is 3.60. The molecule has 2 rings (SSSR count). The van der Waals surface area contributed by atoms with E-state index in [1.807, 2.05) is 19.4 Å². The van der Waals surface area contributed by atoms with E-state index in [1.165, 1.54) is 11.1 Å². The van der Waals surface area contributed by atoms with Gasteiger partial charge in [-0.05, 0) is 30.9 Å². The average molecular weight is 271 g/mol. The zero-order chi connectivity index (χ0) is 14.7. The monoisotopic (exact) mass is 271 g/mol. The molecule has 2 aromatic rings. The summed E-state index contributed by atoms with van der Waals surface area (Å²) in [5.74, 6) is 1.65. The van der Waals surface area contributed by atoms with Crippen molar-refractivity contribution in [3.8, 4) is 0 Å². The Morgan fingerprint density at radius 3 is 2.05 bits per heavy atom. The topological polar surface area (TPSA) is 29.9 Å². The van der Waals surface area contributed by atoms with Crippen LogP contribution in [0, 0.1) is 0 Å². The molecule has 0 spiro atoms. The second kappa shape index (κ2) is 6.23. The predicted molar refractivity (Wildman–Crippen MR) is 83.7 cm³/mol. The summed E-state index contributed by atoms with van der Waals surface area (Å²) in [7, 11) is 2.03. The van der Waals surface area contributed by atoms with Crippen LogP contribution in [0.25, 0.3) is 0 Å². The van der Waals surface area contributed by atoms with Crippen LogP contribution in [0.1, 0.15) is 62.6 Å². The SMILES string of the molecule is CC(C)c1ccc(C(C)NC(C)c2nccn2C)cc1. The van der Waals surface area contributed by atoms with Gasteiger partial charge in [-0.15, -0.1) is 0 Å². The minimum atomic E-state index is 0.231. The van der Waals surface area contributed by atoms with Gasteiger partial charge in [0.1, 0.15) is 5.82 Å². The maximum absolute atomic E-state index is 4.40. The van der Waals surface area contributed by atoms with Gasteiger partial charge in [-0.1, -0.05) is 38.1 Å². The van der Waals surface area contributed by atoms with Crippen LogP contribution >= 0.6 is 0 Å². The van der Waals surface area contributed by atoms with Crippen LogP contribution in [-0.4, -0.2) is 9.55 Å². The summed E-state index contributed by atoms with van der Waals surface area (Å²) < 4.78 is 2.06. The molecule has 0 saturated heterocycles. The van der Waals surface area contributed by atoms with Crippen molar-refractivity contribution in [1.29, 1.82) is 0 Å². The Morgan fingerprint density at radius 1 is 0.950 bits per heavy atom. The lowest BCUT2D eigenvalue weighted by Crippen LogP contribution is -2.24. The van der Waals surface area contributed by atoms with Gasteiger partial charge >= 0.3 is 0 Å². The summed E-state index contributed by atoms with van der Waals surface area (Å²) in [5.41, 5.74) is 2.70. The Balaban J connectivity index is 2.04. The van der Waals surface area contributed by atoms with E-state index >= 15 is 0 Å². The van der Waals surface area contributed by atoms with E-state index in [2.05, 4.69) is 66.8 Å². The third-order valence-electron chi connectivity index (χ3n) is 3.85. The summed E-state index contributed by atoms with van der Waals surface area (Å²) in [4.78, 5) is 4.40. The van der Waals surface area contributed by atoms with Crippen molar-refractivity contribution in [1.82, 2.24) is 14.9 Å². The Bertz CT molecular complexity index is 540. The second-order valence-electron chi connectivity index (χ2n) is 5.83. The van der Waals surface area contributed by atoms with Gasteiger partial charge in [0.2, 0.25) is 0 Å². The van der Waals surface area contributed by atoms with Crippen molar-refractivity contribution in [3.05, 3.63) is 53.6 Å². The molecule has 3 heteroatoms. The van der Waals surface area contributed by atoms with E-state index < -0.39 is 0 Å². The van der Waals surface area contributed by atoms with Crippen LogP contribution in [0.3, 0.4) is 0 Å². The lowest BCUT2D eigenvalue weighted by atomic mass is 9.99. The molecule has 1 N–H and O–H groups in total. The van der Waals surface area contributed by atoms with Gasteiger partial charge in [-0.3, -0.25) is 0 Å². The van der Waals surface area contributed by atoms with E-state index in [1.54, 1.807) is 0 Å². The fraction of sp³-hybridized carbons (Fsp3) is 0.471. The summed E-state index contributed by atoms with van der Waals surface area (Å²) in [6, 6.07) is 9.43. The van der Waals surface area contributed by atoms with Crippen LogP contribution in [0.4, 0.5) is 0 Å². The average Bonchev–Trinajstić information content (AvgIpc) is 2.85. The van der Waals surface area contributed by atoms with E-state index in [0.717, 1.165) is 5.82 Å².